The maximum Gasteiger partial charge on any atom is 0.271 e. The third-order valence-electron chi connectivity index (χ3n) is 7.05. The van der Waals surface area contributed by atoms with Crippen LogP contribution in [-0.4, -0.2) is 42.8 Å². The number of aromatic amines is 1. The van der Waals surface area contributed by atoms with E-state index in [-0.39, 0.29) is 23.3 Å². The number of fused-ring (bicyclic) bond motifs is 1. The van der Waals surface area contributed by atoms with Crippen LogP contribution in [0.5, 0.6) is 0 Å². The number of carbonyl (C=O) groups is 1. The van der Waals surface area contributed by atoms with Crippen LogP contribution in [0.2, 0.25) is 0 Å². The van der Waals surface area contributed by atoms with Gasteiger partial charge in [-0.2, -0.15) is 0 Å². The van der Waals surface area contributed by atoms with Crippen LogP contribution in [0.1, 0.15) is 46.8 Å². The van der Waals surface area contributed by atoms with Crippen molar-refractivity contribution in [3.05, 3.63) is 69.0 Å². The molecule has 1 fully saturated rings. The van der Waals surface area contributed by atoms with Crippen LogP contribution in [0.25, 0.3) is 0 Å². The SMILES string of the molecule is Cc1cc(Nc2s[nH]c(=O)c2C(N)=NC(C)C2CC2)ccc1C(=O)N1CCc2c(N(C)C)cccc21. The third-order valence-corrected chi connectivity index (χ3v) is 7.85. The largest absolute Gasteiger partial charge is 0.383 e. The van der Waals surface area contributed by atoms with Gasteiger partial charge in [0.05, 0.1) is 6.04 Å². The van der Waals surface area contributed by atoms with E-state index in [1.165, 1.54) is 17.1 Å². The molecule has 9 heteroatoms. The minimum absolute atomic E-state index is 0.00821. The van der Waals surface area contributed by atoms with Crippen molar-refractivity contribution in [3.63, 3.8) is 0 Å². The van der Waals surface area contributed by atoms with Crippen LogP contribution in [-0.2, 0) is 6.42 Å². The topological polar surface area (TPSA) is 107 Å². The van der Waals surface area contributed by atoms with E-state index in [0.717, 1.165) is 41.9 Å². The Balaban J connectivity index is 1.37. The number of hydrogen-bond donors (Lipinski definition) is 3. The second-order valence-electron chi connectivity index (χ2n) is 9.86. The Bertz CT molecular complexity index is 1400. The number of aryl methyl sites for hydroxylation is 1. The lowest BCUT2D eigenvalue weighted by Gasteiger charge is -2.21. The highest BCUT2D eigenvalue weighted by Crippen LogP contribution is 2.37. The van der Waals surface area contributed by atoms with Crippen LogP contribution in [0.4, 0.5) is 22.1 Å². The Morgan fingerprint density at radius 3 is 2.75 bits per heavy atom. The van der Waals surface area contributed by atoms with E-state index in [4.69, 9.17) is 5.73 Å². The smallest absolute Gasteiger partial charge is 0.271 e. The number of rotatable bonds is 7. The van der Waals surface area contributed by atoms with Gasteiger partial charge in [-0.05, 0) is 86.5 Å². The Hall–Kier alpha value is -3.59. The number of hydrogen-bond acceptors (Lipinski definition) is 6. The molecule has 1 aromatic heterocycles. The summed E-state index contributed by atoms with van der Waals surface area (Å²) in [6.07, 6.45) is 3.16. The number of carbonyl (C=O) groups excluding carboxylic acids is 1. The number of amides is 1. The molecule has 2 heterocycles. The zero-order valence-corrected chi connectivity index (χ0v) is 21.9. The summed E-state index contributed by atoms with van der Waals surface area (Å²) in [6.45, 7) is 4.63. The van der Waals surface area contributed by atoms with Crippen LogP contribution < -0.4 is 26.4 Å². The number of anilines is 4. The van der Waals surface area contributed by atoms with Crippen molar-refractivity contribution in [1.82, 2.24) is 4.37 Å². The highest BCUT2D eigenvalue weighted by atomic mass is 32.1. The van der Waals surface area contributed by atoms with E-state index >= 15 is 0 Å². The van der Waals surface area contributed by atoms with Crippen LogP contribution in [0.15, 0.2) is 46.2 Å². The molecule has 1 amide bonds. The summed E-state index contributed by atoms with van der Waals surface area (Å²) in [5.41, 5.74) is 12.0. The van der Waals surface area contributed by atoms with Crippen molar-refractivity contribution in [2.24, 2.45) is 16.6 Å². The molecule has 0 spiro atoms. The number of nitrogens with two attached hydrogens (primary N) is 1. The van der Waals surface area contributed by atoms with E-state index in [2.05, 4.69) is 25.6 Å². The van der Waals surface area contributed by atoms with Crippen molar-refractivity contribution < 1.29 is 4.79 Å². The van der Waals surface area contributed by atoms with Crippen molar-refractivity contribution in [2.75, 3.05) is 35.8 Å². The number of nitrogens with one attached hydrogen (secondary N) is 2. The Morgan fingerprint density at radius 1 is 1.28 bits per heavy atom. The molecule has 1 unspecified atom stereocenters. The first-order chi connectivity index (χ1) is 17.2. The van der Waals surface area contributed by atoms with Crippen molar-refractivity contribution in [2.45, 2.75) is 39.2 Å². The van der Waals surface area contributed by atoms with E-state index in [1.54, 1.807) is 0 Å². The van der Waals surface area contributed by atoms with Crippen molar-refractivity contribution in [1.29, 1.82) is 0 Å². The molecular formula is C27H32N6O2S. The Kier molecular flexibility index (Phi) is 6.34. The Labute approximate surface area is 215 Å². The lowest BCUT2D eigenvalue weighted by Crippen LogP contribution is -2.29. The minimum atomic E-state index is -0.250. The summed E-state index contributed by atoms with van der Waals surface area (Å²) in [5.74, 6) is 0.807. The van der Waals surface area contributed by atoms with E-state index < -0.39 is 0 Å². The van der Waals surface area contributed by atoms with Gasteiger partial charge >= 0.3 is 0 Å². The Morgan fingerprint density at radius 2 is 2.06 bits per heavy atom. The molecule has 1 saturated carbocycles. The van der Waals surface area contributed by atoms with Crippen LogP contribution in [0.3, 0.4) is 0 Å². The molecule has 188 valence electrons. The predicted octanol–water partition coefficient (Wildman–Crippen LogP) is 4.26. The quantitative estimate of drug-likeness (QED) is 0.329. The summed E-state index contributed by atoms with van der Waals surface area (Å²) < 4.78 is 2.76. The second kappa shape index (κ2) is 9.46. The molecule has 2 aliphatic rings. The lowest BCUT2D eigenvalue weighted by atomic mass is 10.1. The number of amidine groups is 1. The van der Waals surface area contributed by atoms with Gasteiger partial charge in [0.2, 0.25) is 0 Å². The highest BCUT2D eigenvalue weighted by molar-refractivity contribution is 7.10. The number of H-pyrrole nitrogens is 1. The fraction of sp³-hybridized carbons (Fsp3) is 0.370. The maximum atomic E-state index is 13.5. The molecule has 1 atom stereocenters. The van der Waals surface area contributed by atoms with Gasteiger partial charge in [0, 0.05) is 48.8 Å². The molecule has 8 nitrogen and oxygen atoms in total. The van der Waals surface area contributed by atoms with Gasteiger partial charge in [0.15, 0.2) is 0 Å². The number of nitrogens with zero attached hydrogens (tertiary/aromatic N) is 3. The highest BCUT2D eigenvalue weighted by Gasteiger charge is 2.30. The summed E-state index contributed by atoms with van der Waals surface area (Å²) >= 11 is 1.19. The molecular weight excluding hydrogens is 472 g/mol. The first-order valence-electron chi connectivity index (χ1n) is 12.3. The first kappa shape index (κ1) is 24.1. The van der Waals surface area contributed by atoms with E-state index in [0.29, 0.717) is 28.6 Å². The maximum absolute atomic E-state index is 13.5. The van der Waals surface area contributed by atoms with Crippen molar-refractivity contribution in [3.8, 4) is 0 Å². The molecule has 1 aliphatic carbocycles. The third kappa shape index (κ3) is 4.51. The zero-order chi connectivity index (χ0) is 25.6. The average molecular weight is 505 g/mol. The van der Waals surface area contributed by atoms with Gasteiger partial charge < -0.3 is 20.9 Å². The molecule has 0 radical (unpaired) electrons. The van der Waals surface area contributed by atoms with Gasteiger partial charge in [-0.25, -0.2) is 0 Å². The number of benzene rings is 2. The first-order valence-corrected chi connectivity index (χ1v) is 13.1. The molecule has 4 N–H and O–H groups in total. The molecule has 2 aromatic carbocycles. The lowest BCUT2D eigenvalue weighted by molar-refractivity contribution is 0.0989. The molecule has 3 aromatic rings. The average Bonchev–Trinajstić information content (AvgIpc) is 3.51. The zero-order valence-electron chi connectivity index (χ0n) is 21.1. The van der Waals surface area contributed by atoms with Gasteiger partial charge in [0.25, 0.3) is 11.5 Å². The van der Waals surface area contributed by atoms with Gasteiger partial charge in [-0.15, -0.1) is 0 Å². The normalized spacial score (nSPS) is 16.1. The molecule has 36 heavy (non-hydrogen) atoms. The van der Waals surface area contributed by atoms with Crippen LogP contribution >= 0.6 is 11.5 Å². The van der Waals surface area contributed by atoms with E-state index in [1.807, 2.05) is 63.2 Å². The second-order valence-corrected chi connectivity index (χ2v) is 10.7. The summed E-state index contributed by atoms with van der Waals surface area (Å²) in [5, 5.41) is 3.92. The fourth-order valence-electron chi connectivity index (χ4n) is 4.89. The summed E-state index contributed by atoms with van der Waals surface area (Å²) in [7, 11) is 4.05. The molecule has 0 saturated heterocycles. The monoisotopic (exact) mass is 504 g/mol. The molecule has 5 rings (SSSR count). The predicted molar refractivity (Wildman–Crippen MR) is 148 cm³/mol. The number of aliphatic imine (C=N–C) groups is 1. The number of aromatic nitrogens is 1. The van der Waals surface area contributed by atoms with Gasteiger partial charge in [-0.1, -0.05) is 6.07 Å². The van der Waals surface area contributed by atoms with Crippen LogP contribution in [0, 0.1) is 12.8 Å². The van der Waals surface area contributed by atoms with Gasteiger partial charge in [-0.3, -0.25) is 19.0 Å². The standard InChI is InChI=1S/C27H32N6O2S/c1-15-14-18(30-26-23(25(34)31-36-26)24(28)29-16(2)17-8-9-17)10-11-19(15)27(35)33-13-12-20-21(32(3)4)6-5-7-22(20)33/h5-7,10-11,14,16-17,30H,8-9,12-13H2,1-4H3,(H2,28,29)(H,31,34). The fourth-order valence-corrected chi connectivity index (χ4v) is 5.66. The van der Waals surface area contributed by atoms with E-state index in [9.17, 15) is 9.59 Å². The minimum Gasteiger partial charge on any atom is -0.383 e. The van der Waals surface area contributed by atoms with Crippen molar-refractivity contribution >= 4 is 45.3 Å². The van der Waals surface area contributed by atoms with Gasteiger partial charge in [0.1, 0.15) is 16.4 Å². The summed E-state index contributed by atoms with van der Waals surface area (Å²) in [6, 6.07) is 11.8. The molecule has 0 bridgehead atoms. The molecule has 1 aliphatic heterocycles. The summed E-state index contributed by atoms with van der Waals surface area (Å²) in [4.78, 5) is 34.5.